The highest BCUT2D eigenvalue weighted by Crippen LogP contribution is 2.14. The second-order valence-electron chi connectivity index (χ2n) is 4.91. The van der Waals surface area contributed by atoms with Gasteiger partial charge in [0.15, 0.2) is 5.78 Å². The van der Waals surface area contributed by atoms with Gasteiger partial charge in [0.05, 0.1) is 8.07 Å². The first-order chi connectivity index (χ1) is 7.40. The van der Waals surface area contributed by atoms with Crippen LogP contribution < -0.4 is 0 Å². The average Bonchev–Trinajstić information content (AvgIpc) is 2.25. The van der Waals surface area contributed by atoms with Crippen LogP contribution in [0.5, 0.6) is 0 Å². The first-order valence-corrected chi connectivity index (χ1v) is 8.96. The minimum absolute atomic E-state index is 0.00799. The normalized spacial score (nSPS) is 11.7. The van der Waals surface area contributed by atoms with E-state index in [9.17, 15) is 4.79 Å². The van der Waals surface area contributed by atoms with E-state index in [4.69, 9.17) is 0 Å². The average molecular weight is 230 g/mol. The Bertz CT molecular complexity index is 410. The maximum Gasteiger partial charge on any atom is 0.185 e. The van der Waals surface area contributed by atoms with Crippen LogP contribution in [0.2, 0.25) is 19.6 Å². The van der Waals surface area contributed by atoms with Crippen LogP contribution in [0.25, 0.3) is 5.57 Å². The Labute approximate surface area is 98.5 Å². The molecular formula is C14H18OSi. The predicted molar refractivity (Wildman–Crippen MR) is 73.0 cm³/mol. The van der Waals surface area contributed by atoms with E-state index in [2.05, 4.69) is 26.2 Å². The quantitative estimate of drug-likeness (QED) is 0.569. The van der Waals surface area contributed by atoms with Crippen molar-refractivity contribution >= 4 is 19.4 Å². The van der Waals surface area contributed by atoms with Gasteiger partial charge in [-0.3, -0.25) is 4.79 Å². The molecule has 0 atom stereocenters. The zero-order chi connectivity index (χ0) is 12.2. The van der Waals surface area contributed by atoms with Crippen LogP contribution in [0, 0.1) is 0 Å². The lowest BCUT2D eigenvalue weighted by molar-refractivity contribution is -0.109. The van der Waals surface area contributed by atoms with Crippen molar-refractivity contribution in [2.45, 2.75) is 19.6 Å². The van der Waals surface area contributed by atoms with E-state index >= 15 is 0 Å². The van der Waals surface area contributed by atoms with Crippen LogP contribution in [0.4, 0.5) is 0 Å². The third-order valence-corrected chi connectivity index (χ3v) is 3.32. The summed E-state index contributed by atoms with van der Waals surface area (Å²) in [5.41, 5.74) is 3.51. The molecule has 0 saturated carbocycles. The lowest BCUT2D eigenvalue weighted by atomic mass is 10.0. The number of carbonyl (C=O) groups excluding carboxylic acids is 1. The fourth-order valence-electron chi connectivity index (χ4n) is 1.21. The van der Waals surface area contributed by atoms with E-state index in [1.54, 1.807) is 6.08 Å². The molecule has 16 heavy (non-hydrogen) atoms. The molecule has 1 aromatic carbocycles. The summed E-state index contributed by atoms with van der Waals surface area (Å²) in [5, 5.41) is 0. The number of ketones is 1. The molecule has 0 fully saturated rings. The van der Waals surface area contributed by atoms with E-state index in [1.165, 1.54) is 0 Å². The van der Waals surface area contributed by atoms with Crippen molar-refractivity contribution in [3.63, 3.8) is 0 Å². The van der Waals surface area contributed by atoms with Crippen LogP contribution in [-0.2, 0) is 4.79 Å². The minimum atomic E-state index is -1.31. The molecule has 0 bridgehead atoms. The molecule has 1 nitrogen and oxygen atoms in total. The van der Waals surface area contributed by atoms with Gasteiger partial charge in [0.25, 0.3) is 0 Å². The fraction of sp³-hybridized carbons (Fsp3) is 0.214. The molecule has 0 radical (unpaired) electrons. The summed E-state index contributed by atoms with van der Waals surface area (Å²) in [6.45, 7) is 10.4. The van der Waals surface area contributed by atoms with Crippen LogP contribution in [0.15, 0.2) is 48.7 Å². The second-order valence-corrected chi connectivity index (χ2v) is 9.97. The summed E-state index contributed by atoms with van der Waals surface area (Å²) < 4.78 is 0. The topological polar surface area (TPSA) is 17.1 Å². The third-order valence-electron chi connectivity index (χ3n) is 2.15. The summed E-state index contributed by atoms with van der Waals surface area (Å²) in [6, 6.07) is 9.57. The zero-order valence-electron chi connectivity index (χ0n) is 10.2. The SMILES string of the molecule is C=C(C(=O)C=C[Si](C)(C)C)c1ccccc1. The molecule has 0 spiro atoms. The van der Waals surface area contributed by atoms with Crippen LogP contribution in [0.1, 0.15) is 5.56 Å². The van der Waals surface area contributed by atoms with Gasteiger partial charge >= 0.3 is 0 Å². The van der Waals surface area contributed by atoms with Crippen molar-refractivity contribution in [1.29, 1.82) is 0 Å². The lowest BCUT2D eigenvalue weighted by Crippen LogP contribution is -2.16. The molecule has 0 aromatic heterocycles. The number of hydrogen-bond acceptors (Lipinski definition) is 1. The van der Waals surface area contributed by atoms with Crippen LogP contribution in [0.3, 0.4) is 0 Å². The number of allylic oxidation sites excluding steroid dienone is 2. The summed E-state index contributed by atoms with van der Waals surface area (Å²) >= 11 is 0. The van der Waals surface area contributed by atoms with Crippen LogP contribution in [-0.4, -0.2) is 13.9 Å². The maximum atomic E-state index is 11.8. The molecule has 0 N–H and O–H groups in total. The summed E-state index contributed by atoms with van der Waals surface area (Å²) in [4.78, 5) is 11.8. The van der Waals surface area contributed by atoms with Crippen molar-refractivity contribution in [1.82, 2.24) is 0 Å². The highest BCUT2D eigenvalue weighted by molar-refractivity contribution is 6.81. The molecular weight excluding hydrogens is 212 g/mol. The van der Waals surface area contributed by atoms with Crippen molar-refractivity contribution in [3.8, 4) is 0 Å². The molecule has 0 aliphatic rings. The standard InChI is InChI=1S/C14H18OSi/c1-12(13-8-6-5-7-9-13)14(15)10-11-16(2,3)4/h5-11H,1H2,2-4H3. The first-order valence-electron chi connectivity index (χ1n) is 5.38. The summed E-state index contributed by atoms with van der Waals surface area (Å²) in [6.07, 6.45) is 1.67. The van der Waals surface area contributed by atoms with E-state index in [0.717, 1.165) is 5.56 Å². The van der Waals surface area contributed by atoms with Crippen molar-refractivity contribution in [3.05, 3.63) is 54.2 Å². The lowest BCUT2D eigenvalue weighted by Gasteiger charge is -2.08. The van der Waals surface area contributed by atoms with E-state index in [1.807, 2.05) is 36.0 Å². The van der Waals surface area contributed by atoms with Gasteiger partial charge in [-0.25, -0.2) is 0 Å². The minimum Gasteiger partial charge on any atom is -0.289 e. The zero-order valence-corrected chi connectivity index (χ0v) is 11.2. The number of hydrogen-bond donors (Lipinski definition) is 0. The Balaban J connectivity index is 2.77. The largest absolute Gasteiger partial charge is 0.289 e. The third kappa shape index (κ3) is 3.99. The van der Waals surface area contributed by atoms with Crippen molar-refractivity contribution in [2.24, 2.45) is 0 Å². The van der Waals surface area contributed by atoms with Gasteiger partial charge < -0.3 is 0 Å². The Morgan fingerprint density at radius 2 is 1.75 bits per heavy atom. The van der Waals surface area contributed by atoms with Crippen molar-refractivity contribution in [2.75, 3.05) is 0 Å². The fourth-order valence-corrected chi connectivity index (χ4v) is 1.86. The monoisotopic (exact) mass is 230 g/mol. The molecule has 2 heteroatoms. The van der Waals surface area contributed by atoms with Gasteiger partial charge in [0, 0.05) is 5.57 Å². The summed E-state index contributed by atoms with van der Waals surface area (Å²) in [5.74, 6) is 0.00799. The molecule has 0 amide bonds. The Hall–Kier alpha value is -1.41. The van der Waals surface area contributed by atoms with Gasteiger partial charge in [-0.15, -0.1) is 0 Å². The van der Waals surface area contributed by atoms with Gasteiger partial charge in [0.1, 0.15) is 0 Å². The van der Waals surface area contributed by atoms with Gasteiger partial charge in [0.2, 0.25) is 0 Å². The Morgan fingerprint density at radius 1 is 1.19 bits per heavy atom. The molecule has 0 aliphatic heterocycles. The molecule has 1 rings (SSSR count). The van der Waals surface area contributed by atoms with Gasteiger partial charge in [-0.2, -0.15) is 0 Å². The van der Waals surface area contributed by atoms with E-state index < -0.39 is 8.07 Å². The molecule has 0 aliphatic carbocycles. The molecule has 1 aromatic rings. The molecule has 0 unspecified atom stereocenters. The summed E-state index contributed by atoms with van der Waals surface area (Å²) in [7, 11) is -1.31. The van der Waals surface area contributed by atoms with E-state index in [-0.39, 0.29) is 5.78 Å². The number of benzene rings is 1. The maximum absolute atomic E-state index is 11.8. The van der Waals surface area contributed by atoms with Gasteiger partial charge in [-0.1, -0.05) is 62.3 Å². The molecule has 0 heterocycles. The Kier molecular flexibility index (Phi) is 4.02. The molecule has 84 valence electrons. The number of carbonyl (C=O) groups is 1. The number of rotatable bonds is 4. The smallest absolute Gasteiger partial charge is 0.185 e. The molecule has 0 saturated heterocycles. The van der Waals surface area contributed by atoms with Crippen molar-refractivity contribution < 1.29 is 4.79 Å². The van der Waals surface area contributed by atoms with Crippen LogP contribution >= 0.6 is 0 Å². The van der Waals surface area contributed by atoms with E-state index in [0.29, 0.717) is 5.57 Å². The Morgan fingerprint density at radius 3 is 2.25 bits per heavy atom. The predicted octanol–water partition coefficient (Wildman–Crippen LogP) is 3.70. The first kappa shape index (κ1) is 12.7. The highest BCUT2D eigenvalue weighted by atomic mass is 28.3. The second kappa shape index (κ2) is 5.08. The highest BCUT2D eigenvalue weighted by Gasteiger charge is 2.10. The van der Waals surface area contributed by atoms with Gasteiger partial charge in [-0.05, 0) is 11.6 Å².